The second kappa shape index (κ2) is 8.17. The highest BCUT2D eigenvalue weighted by atomic mass is 16.3. The topological polar surface area (TPSA) is 71.3 Å². The Morgan fingerprint density at radius 2 is 1.91 bits per heavy atom. The minimum atomic E-state index is -0.0944. The van der Waals surface area contributed by atoms with Crippen LogP contribution in [0.5, 0.6) is 0 Å². The summed E-state index contributed by atoms with van der Waals surface area (Å²) in [5.74, 6) is 0.758. The molecule has 5 nitrogen and oxygen atoms in total. The highest BCUT2D eigenvalue weighted by Gasteiger charge is 2.10. The van der Waals surface area contributed by atoms with Crippen molar-refractivity contribution in [3.05, 3.63) is 59.5 Å². The van der Waals surface area contributed by atoms with Crippen LogP contribution in [0.3, 0.4) is 0 Å². The van der Waals surface area contributed by atoms with Crippen molar-refractivity contribution in [2.45, 2.75) is 39.3 Å². The molecule has 0 saturated carbocycles. The number of benzene rings is 1. The molecule has 0 aliphatic carbocycles. The predicted octanol–water partition coefficient (Wildman–Crippen LogP) is 2.67. The van der Waals surface area contributed by atoms with Crippen molar-refractivity contribution in [1.82, 2.24) is 10.6 Å². The first-order valence-electron chi connectivity index (χ1n) is 7.71. The maximum atomic E-state index is 12.2. The molecule has 1 atom stereocenters. The Balaban J connectivity index is 1.81. The van der Waals surface area contributed by atoms with Gasteiger partial charge in [-0.05, 0) is 43.2 Å². The highest BCUT2D eigenvalue weighted by Crippen LogP contribution is 2.08. The van der Waals surface area contributed by atoms with Gasteiger partial charge in [-0.1, -0.05) is 12.1 Å². The van der Waals surface area contributed by atoms with E-state index in [1.165, 1.54) is 6.92 Å². The average Bonchev–Trinajstić information content (AvgIpc) is 3.05. The van der Waals surface area contributed by atoms with Crippen LogP contribution in [0.15, 0.2) is 47.1 Å². The van der Waals surface area contributed by atoms with E-state index in [4.69, 9.17) is 4.42 Å². The number of hydrogen-bond acceptors (Lipinski definition) is 3. The Labute approximate surface area is 136 Å². The monoisotopic (exact) mass is 314 g/mol. The average molecular weight is 314 g/mol. The molecule has 2 aromatic rings. The molecule has 0 aliphatic heterocycles. The van der Waals surface area contributed by atoms with E-state index in [-0.39, 0.29) is 17.9 Å². The third-order valence-electron chi connectivity index (χ3n) is 3.54. The van der Waals surface area contributed by atoms with Gasteiger partial charge in [-0.2, -0.15) is 0 Å². The number of nitrogens with one attached hydrogen (secondary N) is 2. The fourth-order valence-electron chi connectivity index (χ4n) is 2.19. The number of rotatable bonds is 7. The standard InChI is InChI=1S/C18H22N2O3/c1-13(5-10-17-4-3-11-23-17)20-18(22)16-8-6-15(7-9-16)12-19-14(2)21/h3-4,6-9,11,13H,5,10,12H2,1-2H3,(H,19,21)(H,20,22). The number of hydrogen-bond donors (Lipinski definition) is 2. The first-order chi connectivity index (χ1) is 11.0. The van der Waals surface area contributed by atoms with Crippen LogP contribution in [0.4, 0.5) is 0 Å². The first-order valence-corrected chi connectivity index (χ1v) is 7.71. The Bertz CT molecular complexity index is 633. The van der Waals surface area contributed by atoms with E-state index in [1.807, 2.05) is 31.2 Å². The van der Waals surface area contributed by atoms with Crippen molar-refractivity contribution in [1.29, 1.82) is 0 Å². The summed E-state index contributed by atoms with van der Waals surface area (Å²) in [6.45, 7) is 3.93. The van der Waals surface area contributed by atoms with Gasteiger partial charge in [-0.25, -0.2) is 0 Å². The second-order valence-corrected chi connectivity index (χ2v) is 5.60. The van der Waals surface area contributed by atoms with Gasteiger partial charge >= 0.3 is 0 Å². The molecule has 0 bridgehead atoms. The van der Waals surface area contributed by atoms with E-state index in [9.17, 15) is 9.59 Å². The van der Waals surface area contributed by atoms with E-state index >= 15 is 0 Å². The van der Waals surface area contributed by atoms with Crippen LogP contribution in [0.1, 0.15) is 41.9 Å². The Morgan fingerprint density at radius 3 is 2.52 bits per heavy atom. The molecule has 0 saturated heterocycles. The molecular weight excluding hydrogens is 292 g/mol. The summed E-state index contributed by atoms with van der Waals surface area (Å²) in [6, 6.07) is 11.1. The largest absolute Gasteiger partial charge is 0.469 e. The molecule has 0 spiro atoms. The first kappa shape index (κ1) is 16.8. The van der Waals surface area contributed by atoms with Crippen LogP contribution in [0.25, 0.3) is 0 Å². The van der Waals surface area contributed by atoms with Crippen molar-refractivity contribution in [2.24, 2.45) is 0 Å². The van der Waals surface area contributed by atoms with Crippen LogP contribution in [0, 0.1) is 0 Å². The highest BCUT2D eigenvalue weighted by molar-refractivity contribution is 5.94. The quantitative estimate of drug-likeness (QED) is 0.825. The number of aryl methyl sites for hydroxylation is 1. The van der Waals surface area contributed by atoms with Crippen molar-refractivity contribution >= 4 is 11.8 Å². The molecule has 1 heterocycles. The molecule has 23 heavy (non-hydrogen) atoms. The number of furan rings is 1. The normalized spacial score (nSPS) is 11.7. The van der Waals surface area contributed by atoms with Crippen molar-refractivity contribution < 1.29 is 14.0 Å². The van der Waals surface area contributed by atoms with Crippen LogP contribution in [0.2, 0.25) is 0 Å². The molecule has 1 unspecified atom stereocenters. The summed E-state index contributed by atoms with van der Waals surface area (Å²) in [7, 11) is 0. The van der Waals surface area contributed by atoms with Crippen molar-refractivity contribution in [3.8, 4) is 0 Å². The zero-order chi connectivity index (χ0) is 16.7. The van der Waals surface area contributed by atoms with E-state index in [0.29, 0.717) is 12.1 Å². The molecule has 0 fully saturated rings. The van der Waals surface area contributed by atoms with Gasteiger partial charge in [0.05, 0.1) is 6.26 Å². The van der Waals surface area contributed by atoms with E-state index < -0.39 is 0 Å². The van der Waals surface area contributed by atoms with Gasteiger partial charge in [-0.15, -0.1) is 0 Å². The molecule has 0 aliphatic rings. The van der Waals surface area contributed by atoms with Gasteiger partial charge < -0.3 is 15.1 Å². The number of carbonyl (C=O) groups is 2. The van der Waals surface area contributed by atoms with Gasteiger partial charge in [0.1, 0.15) is 5.76 Å². The van der Waals surface area contributed by atoms with E-state index in [2.05, 4.69) is 10.6 Å². The summed E-state index contributed by atoms with van der Waals surface area (Å²) in [6.07, 6.45) is 3.27. The molecule has 1 aromatic heterocycles. The molecule has 2 rings (SSSR count). The van der Waals surface area contributed by atoms with Crippen LogP contribution < -0.4 is 10.6 Å². The van der Waals surface area contributed by atoms with Gasteiger partial charge in [0.15, 0.2) is 0 Å². The third kappa shape index (κ3) is 5.62. The molecular formula is C18H22N2O3. The van der Waals surface area contributed by atoms with Gasteiger partial charge in [0, 0.05) is 31.5 Å². The zero-order valence-electron chi connectivity index (χ0n) is 13.5. The lowest BCUT2D eigenvalue weighted by Crippen LogP contribution is -2.32. The molecule has 2 N–H and O–H groups in total. The maximum Gasteiger partial charge on any atom is 0.251 e. The smallest absolute Gasteiger partial charge is 0.251 e. The van der Waals surface area contributed by atoms with Gasteiger partial charge in [-0.3, -0.25) is 9.59 Å². The lowest BCUT2D eigenvalue weighted by Gasteiger charge is -2.13. The number of amides is 2. The van der Waals surface area contributed by atoms with Crippen LogP contribution in [-0.4, -0.2) is 17.9 Å². The molecule has 0 radical (unpaired) electrons. The summed E-state index contributed by atoms with van der Waals surface area (Å²) in [5, 5.41) is 5.70. The number of carbonyl (C=O) groups excluding carboxylic acids is 2. The fraction of sp³-hybridized carbons (Fsp3) is 0.333. The van der Waals surface area contributed by atoms with Crippen molar-refractivity contribution in [3.63, 3.8) is 0 Å². The lowest BCUT2D eigenvalue weighted by atomic mass is 10.1. The van der Waals surface area contributed by atoms with Crippen molar-refractivity contribution in [2.75, 3.05) is 0 Å². The van der Waals surface area contributed by atoms with Gasteiger partial charge in [0.2, 0.25) is 5.91 Å². The minimum absolute atomic E-state index is 0.0617. The predicted molar refractivity (Wildman–Crippen MR) is 87.9 cm³/mol. The molecule has 122 valence electrons. The summed E-state index contributed by atoms with van der Waals surface area (Å²) < 4.78 is 5.28. The van der Waals surface area contributed by atoms with Crippen LogP contribution in [-0.2, 0) is 17.8 Å². The Morgan fingerprint density at radius 1 is 1.17 bits per heavy atom. The Kier molecular flexibility index (Phi) is 5.97. The van der Waals surface area contributed by atoms with E-state index in [1.54, 1.807) is 18.4 Å². The van der Waals surface area contributed by atoms with Gasteiger partial charge in [0.25, 0.3) is 5.91 Å². The summed E-state index contributed by atoms with van der Waals surface area (Å²) in [4.78, 5) is 23.1. The van der Waals surface area contributed by atoms with E-state index in [0.717, 1.165) is 24.2 Å². The summed E-state index contributed by atoms with van der Waals surface area (Å²) in [5.41, 5.74) is 1.57. The Hall–Kier alpha value is -2.56. The maximum absolute atomic E-state index is 12.2. The van der Waals surface area contributed by atoms with Crippen LogP contribution >= 0.6 is 0 Å². The third-order valence-corrected chi connectivity index (χ3v) is 3.54. The lowest BCUT2D eigenvalue weighted by molar-refractivity contribution is -0.119. The second-order valence-electron chi connectivity index (χ2n) is 5.60. The molecule has 1 aromatic carbocycles. The minimum Gasteiger partial charge on any atom is -0.469 e. The summed E-state index contributed by atoms with van der Waals surface area (Å²) >= 11 is 0. The molecule has 5 heteroatoms. The zero-order valence-corrected chi connectivity index (χ0v) is 13.5. The SMILES string of the molecule is CC(=O)NCc1ccc(C(=O)NC(C)CCc2ccco2)cc1. The fourth-order valence-corrected chi connectivity index (χ4v) is 2.19. The molecule has 2 amide bonds.